The first-order valence-corrected chi connectivity index (χ1v) is 6.39. The molecule has 0 radical (unpaired) electrons. The summed E-state index contributed by atoms with van der Waals surface area (Å²) in [4.78, 5) is 12.2. The zero-order valence-corrected chi connectivity index (χ0v) is 9.99. The van der Waals surface area contributed by atoms with Crippen molar-refractivity contribution in [3.05, 3.63) is 23.5 Å². The molecule has 10 heteroatoms. The highest BCUT2D eigenvalue weighted by Gasteiger charge is 2.39. The number of sulfone groups is 1. The number of aromatic carboxylic acids is 1. The van der Waals surface area contributed by atoms with Gasteiger partial charge in [-0.3, -0.25) is 0 Å². The van der Waals surface area contributed by atoms with Gasteiger partial charge in [0, 0.05) is 6.20 Å². The Morgan fingerprint density at radius 2 is 1.95 bits per heavy atom. The quantitative estimate of drug-likeness (QED) is 0.842. The molecule has 6 nitrogen and oxygen atoms in total. The lowest BCUT2D eigenvalue weighted by Gasteiger charge is -2.12. The van der Waals surface area contributed by atoms with Crippen LogP contribution in [0.1, 0.15) is 16.1 Å². The van der Waals surface area contributed by atoms with Crippen molar-refractivity contribution in [2.75, 3.05) is 12.4 Å². The summed E-state index contributed by atoms with van der Waals surface area (Å²) >= 11 is 0. The van der Waals surface area contributed by atoms with Gasteiger partial charge in [-0.25, -0.2) is 18.2 Å². The average Bonchev–Trinajstić information content (AvgIpc) is 2.26. The molecule has 0 aliphatic rings. The van der Waals surface area contributed by atoms with E-state index in [2.05, 4.69) is 4.98 Å². The molecule has 0 amide bonds. The van der Waals surface area contributed by atoms with Crippen molar-refractivity contribution in [1.82, 2.24) is 4.98 Å². The lowest BCUT2D eigenvalue weighted by atomic mass is 10.2. The van der Waals surface area contributed by atoms with Crippen molar-refractivity contribution in [3.8, 4) is 0 Å². The standard InChI is InChI=1S/C9H8F3NO5S/c10-9(11,12)7-6(19(17,18)2-1-14)3-5(4-13-7)8(15)16/h3-4,14H,1-2H2,(H,15,16). The summed E-state index contributed by atoms with van der Waals surface area (Å²) < 4.78 is 61.0. The molecule has 1 heterocycles. The van der Waals surface area contributed by atoms with Crippen LogP contribution < -0.4 is 0 Å². The molecule has 1 rings (SSSR count). The van der Waals surface area contributed by atoms with Gasteiger partial charge in [0.2, 0.25) is 0 Å². The molecule has 106 valence electrons. The summed E-state index contributed by atoms with van der Waals surface area (Å²) in [5.41, 5.74) is -2.39. The van der Waals surface area contributed by atoms with E-state index in [1.54, 1.807) is 0 Å². The van der Waals surface area contributed by atoms with Crippen LogP contribution in [0.3, 0.4) is 0 Å². The molecule has 0 aliphatic carbocycles. The van der Waals surface area contributed by atoms with Crippen LogP contribution in [0.2, 0.25) is 0 Å². The van der Waals surface area contributed by atoms with Gasteiger partial charge in [0.1, 0.15) is 0 Å². The third-order valence-corrected chi connectivity index (χ3v) is 3.76. The van der Waals surface area contributed by atoms with Crippen molar-refractivity contribution < 1.29 is 36.6 Å². The van der Waals surface area contributed by atoms with E-state index < -0.39 is 50.5 Å². The zero-order chi connectivity index (χ0) is 14.8. The second kappa shape index (κ2) is 5.13. The normalized spacial score (nSPS) is 12.4. The number of carboxylic acid groups (broad SMARTS) is 1. The number of hydrogen-bond acceptors (Lipinski definition) is 5. The Bertz CT molecular complexity index is 596. The van der Waals surface area contributed by atoms with E-state index in [1.165, 1.54) is 0 Å². The van der Waals surface area contributed by atoms with E-state index in [0.29, 0.717) is 12.3 Å². The molecule has 0 spiro atoms. The second-order valence-electron chi connectivity index (χ2n) is 3.42. The average molecular weight is 299 g/mol. The summed E-state index contributed by atoms with van der Waals surface area (Å²) in [6.45, 7) is -0.892. The van der Waals surface area contributed by atoms with Gasteiger partial charge in [0.15, 0.2) is 15.5 Å². The maximum atomic E-state index is 12.6. The molecular formula is C9H8F3NO5S. The van der Waals surface area contributed by atoms with Crippen molar-refractivity contribution >= 4 is 15.8 Å². The number of carbonyl (C=O) groups is 1. The first kappa shape index (κ1) is 15.4. The minimum Gasteiger partial charge on any atom is -0.478 e. The van der Waals surface area contributed by atoms with Crippen LogP contribution in [-0.4, -0.2) is 41.9 Å². The number of aliphatic hydroxyl groups excluding tert-OH is 1. The highest BCUT2D eigenvalue weighted by molar-refractivity contribution is 7.91. The molecule has 0 fully saturated rings. The predicted molar refractivity (Wildman–Crippen MR) is 55.3 cm³/mol. The lowest BCUT2D eigenvalue weighted by Crippen LogP contribution is -2.19. The molecule has 0 saturated carbocycles. The van der Waals surface area contributed by atoms with Crippen LogP contribution in [0.4, 0.5) is 13.2 Å². The number of rotatable bonds is 4. The predicted octanol–water partition coefficient (Wildman–Crippen LogP) is 0.565. The Hall–Kier alpha value is -1.68. The van der Waals surface area contributed by atoms with Crippen LogP contribution in [-0.2, 0) is 16.0 Å². The van der Waals surface area contributed by atoms with Crippen LogP contribution in [0.25, 0.3) is 0 Å². The van der Waals surface area contributed by atoms with E-state index >= 15 is 0 Å². The second-order valence-corrected chi connectivity index (χ2v) is 5.49. The molecule has 0 bridgehead atoms. The van der Waals surface area contributed by atoms with Gasteiger partial charge in [-0.2, -0.15) is 13.2 Å². The van der Waals surface area contributed by atoms with E-state index in [1.807, 2.05) is 0 Å². The summed E-state index contributed by atoms with van der Waals surface area (Å²) in [7, 11) is -4.48. The minimum atomic E-state index is -5.05. The number of nitrogens with zero attached hydrogens (tertiary/aromatic N) is 1. The Balaban J connectivity index is 3.56. The number of carboxylic acids is 1. The topological polar surface area (TPSA) is 105 Å². The Morgan fingerprint density at radius 1 is 1.37 bits per heavy atom. The number of aliphatic hydroxyl groups is 1. The van der Waals surface area contributed by atoms with Crippen molar-refractivity contribution in [3.63, 3.8) is 0 Å². The van der Waals surface area contributed by atoms with Gasteiger partial charge in [-0.1, -0.05) is 0 Å². The fraction of sp³-hybridized carbons (Fsp3) is 0.333. The third-order valence-electron chi connectivity index (χ3n) is 2.06. The van der Waals surface area contributed by atoms with Crippen LogP contribution >= 0.6 is 0 Å². The Labute approximate surface area is 105 Å². The van der Waals surface area contributed by atoms with Gasteiger partial charge in [-0.15, -0.1) is 0 Å². The van der Waals surface area contributed by atoms with Crippen molar-refractivity contribution in [1.29, 1.82) is 0 Å². The maximum absolute atomic E-state index is 12.6. The highest BCUT2D eigenvalue weighted by Crippen LogP contribution is 2.33. The summed E-state index contributed by atoms with van der Waals surface area (Å²) in [6.07, 6.45) is -4.63. The highest BCUT2D eigenvalue weighted by atomic mass is 32.2. The van der Waals surface area contributed by atoms with Crippen LogP contribution in [0.5, 0.6) is 0 Å². The molecule has 0 saturated heterocycles. The molecule has 1 aromatic heterocycles. The fourth-order valence-corrected chi connectivity index (χ4v) is 2.47. The smallest absolute Gasteiger partial charge is 0.434 e. The first-order valence-electron chi connectivity index (χ1n) is 4.73. The Morgan fingerprint density at radius 3 is 2.37 bits per heavy atom. The molecule has 0 atom stereocenters. The van der Waals surface area contributed by atoms with Gasteiger partial charge in [0.05, 0.1) is 22.8 Å². The van der Waals surface area contributed by atoms with Gasteiger partial charge in [-0.05, 0) is 6.07 Å². The molecule has 2 N–H and O–H groups in total. The lowest BCUT2D eigenvalue weighted by molar-refractivity contribution is -0.143. The van der Waals surface area contributed by atoms with E-state index in [9.17, 15) is 26.4 Å². The number of aromatic nitrogens is 1. The first-order chi connectivity index (χ1) is 8.59. The summed E-state index contributed by atoms with van der Waals surface area (Å²) in [6, 6.07) is 0.378. The summed E-state index contributed by atoms with van der Waals surface area (Å²) in [5, 5.41) is 17.2. The summed E-state index contributed by atoms with van der Waals surface area (Å²) in [5.74, 6) is -2.57. The van der Waals surface area contributed by atoms with Gasteiger partial charge in [0.25, 0.3) is 0 Å². The number of halogens is 3. The molecular weight excluding hydrogens is 291 g/mol. The van der Waals surface area contributed by atoms with Gasteiger partial charge < -0.3 is 10.2 Å². The van der Waals surface area contributed by atoms with E-state index in [4.69, 9.17) is 10.2 Å². The maximum Gasteiger partial charge on any atom is 0.434 e. The van der Waals surface area contributed by atoms with Crippen molar-refractivity contribution in [2.45, 2.75) is 11.1 Å². The van der Waals surface area contributed by atoms with E-state index in [0.717, 1.165) is 0 Å². The van der Waals surface area contributed by atoms with E-state index in [-0.39, 0.29) is 0 Å². The number of pyridine rings is 1. The molecule has 19 heavy (non-hydrogen) atoms. The third kappa shape index (κ3) is 3.41. The zero-order valence-electron chi connectivity index (χ0n) is 9.18. The van der Waals surface area contributed by atoms with Crippen LogP contribution in [0.15, 0.2) is 17.2 Å². The molecule has 1 aromatic rings. The molecule has 0 aromatic carbocycles. The fourth-order valence-electron chi connectivity index (χ4n) is 1.24. The molecule has 0 aliphatic heterocycles. The van der Waals surface area contributed by atoms with Crippen molar-refractivity contribution in [2.24, 2.45) is 0 Å². The van der Waals surface area contributed by atoms with Crippen LogP contribution in [0, 0.1) is 0 Å². The Kier molecular flexibility index (Phi) is 4.15. The number of alkyl halides is 3. The van der Waals surface area contributed by atoms with Gasteiger partial charge >= 0.3 is 12.1 Å². The molecule has 0 unspecified atom stereocenters. The largest absolute Gasteiger partial charge is 0.478 e. The SMILES string of the molecule is O=C(O)c1cnc(C(F)(F)F)c(S(=O)(=O)CCO)c1. The monoisotopic (exact) mass is 299 g/mol. The number of hydrogen-bond donors (Lipinski definition) is 2. The minimum absolute atomic E-state index is 0.378.